The van der Waals surface area contributed by atoms with Crippen LogP contribution in [0.3, 0.4) is 0 Å². The Hall–Kier alpha value is -0.350. The SMILES string of the molecule is O=C(O)[C@@H]1C[C@H](Br)[C@H](Cc2ccccc2)C[C@H]1Br. The third kappa shape index (κ3) is 3.35. The molecule has 1 aromatic rings. The summed E-state index contributed by atoms with van der Waals surface area (Å²) in [4.78, 5) is 11.5. The quantitative estimate of drug-likeness (QED) is 0.814. The standard InChI is InChI=1S/C14H16Br2O2/c15-12-8-11(14(17)18)13(16)7-10(12)6-9-4-2-1-3-5-9/h1-5,10-13H,6-8H2,(H,17,18)/t10-,11-,12+,13-/m1/s1. The van der Waals surface area contributed by atoms with Crippen molar-refractivity contribution in [3.8, 4) is 0 Å². The van der Waals surface area contributed by atoms with Crippen LogP contribution in [0.1, 0.15) is 18.4 Å². The van der Waals surface area contributed by atoms with Crippen molar-refractivity contribution in [2.75, 3.05) is 0 Å². The normalized spacial score (nSPS) is 32.1. The monoisotopic (exact) mass is 374 g/mol. The Labute approximate surface area is 124 Å². The van der Waals surface area contributed by atoms with Gasteiger partial charge in [0.2, 0.25) is 0 Å². The van der Waals surface area contributed by atoms with Crippen LogP contribution < -0.4 is 0 Å². The second-order valence-corrected chi connectivity index (χ2v) is 7.25. The highest BCUT2D eigenvalue weighted by molar-refractivity contribution is 9.10. The van der Waals surface area contributed by atoms with Gasteiger partial charge in [-0.1, -0.05) is 62.2 Å². The number of rotatable bonds is 3. The van der Waals surface area contributed by atoms with Gasteiger partial charge in [0, 0.05) is 9.65 Å². The van der Waals surface area contributed by atoms with Crippen LogP contribution in [-0.4, -0.2) is 20.7 Å². The molecule has 98 valence electrons. The summed E-state index contributed by atoms with van der Waals surface area (Å²) in [6.45, 7) is 0. The summed E-state index contributed by atoms with van der Waals surface area (Å²) < 4.78 is 0. The molecule has 0 saturated heterocycles. The van der Waals surface area contributed by atoms with E-state index in [-0.39, 0.29) is 15.6 Å². The molecule has 1 aromatic carbocycles. The second-order valence-electron chi connectivity index (χ2n) is 4.90. The van der Waals surface area contributed by atoms with Crippen molar-refractivity contribution < 1.29 is 9.90 Å². The Bertz CT molecular complexity index is 408. The zero-order valence-corrected chi connectivity index (χ0v) is 13.1. The molecule has 4 atom stereocenters. The molecule has 1 aliphatic rings. The van der Waals surface area contributed by atoms with Crippen LogP contribution in [0, 0.1) is 11.8 Å². The van der Waals surface area contributed by atoms with Gasteiger partial charge in [0.15, 0.2) is 0 Å². The molecule has 0 spiro atoms. The van der Waals surface area contributed by atoms with Crippen LogP contribution in [0.25, 0.3) is 0 Å². The number of benzene rings is 1. The third-order valence-electron chi connectivity index (χ3n) is 3.61. The smallest absolute Gasteiger partial charge is 0.307 e. The first kappa shape index (κ1) is 14.1. The molecule has 0 radical (unpaired) electrons. The molecule has 18 heavy (non-hydrogen) atoms. The average molecular weight is 376 g/mol. The van der Waals surface area contributed by atoms with Gasteiger partial charge in [-0.2, -0.15) is 0 Å². The van der Waals surface area contributed by atoms with E-state index in [2.05, 4.69) is 44.0 Å². The minimum Gasteiger partial charge on any atom is -0.481 e. The molecule has 1 N–H and O–H groups in total. The lowest BCUT2D eigenvalue weighted by Gasteiger charge is -2.34. The van der Waals surface area contributed by atoms with Gasteiger partial charge in [-0.15, -0.1) is 0 Å². The highest BCUT2D eigenvalue weighted by Crippen LogP contribution is 2.39. The van der Waals surface area contributed by atoms with Crippen molar-refractivity contribution in [2.45, 2.75) is 28.9 Å². The number of carbonyl (C=O) groups is 1. The van der Waals surface area contributed by atoms with E-state index in [1.165, 1.54) is 5.56 Å². The Kier molecular flexibility index (Phi) is 4.84. The topological polar surface area (TPSA) is 37.3 Å². The van der Waals surface area contributed by atoms with Gasteiger partial charge in [0.05, 0.1) is 5.92 Å². The van der Waals surface area contributed by atoms with Gasteiger partial charge in [0.25, 0.3) is 0 Å². The zero-order chi connectivity index (χ0) is 13.1. The maximum Gasteiger partial charge on any atom is 0.307 e. The predicted octanol–water partition coefficient (Wildman–Crippen LogP) is 3.87. The maximum atomic E-state index is 11.1. The van der Waals surface area contributed by atoms with Crippen LogP contribution in [-0.2, 0) is 11.2 Å². The third-order valence-corrected chi connectivity index (χ3v) is 5.75. The fraction of sp³-hybridized carbons (Fsp3) is 0.500. The van der Waals surface area contributed by atoms with E-state index in [4.69, 9.17) is 5.11 Å². The number of hydrogen-bond acceptors (Lipinski definition) is 1. The summed E-state index contributed by atoms with van der Waals surface area (Å²) in [5.41, 5.74) is 1.32. The zero-order valence-electron chi connectivity index (χ0n) is 9.93. The van der Waals surface area contributed by atoms with Gasteiger partial charge < -0.3 is 5.11 Å². The lowest BCUT2D eigenvalue weighted by atomic mass is 9.79. The number of halogens is 2. The molecule has 2 rings (SSSR count). The van der Waals surface area contributed by atoms with Gasteiger partial charge in [-0.25, -0.2) is 0 Å². The Balaban J connectivity index is 2.01. The molecule has 0 aromatic heterocycles. The Morgan fingerprint density at radius 3 is 2.44 bits per heavy atom. The summed E-state index contributed by atoms with van der Waals surface area (Å²) in [5.74, 6) is -0.478. The molecule has 0 aliphatic heterocycles. The van der Waals surface area contributed by atoms with E-state index < -0.39 is 5.97 Å². The first-order valence-electron chi connectivity index (χ1n) is 6.12. The molecule has 0 heterocycles. The van der Waals surface area contributed by atoms with Crippen LogP contribution in [0.5, 0.6) is 0 Å². The molecule has 1 fully saturated rings. The van der Waals surface area contributed by atoms with Crippen molar-refractivity contribution in [1.82, 2.24) is 0 Å². The van der Waals surface area contributed by atoms with Crippen LogP contribution in [0.15, 0.2) is 30.3 Å². The number of hydrogen-bond donors (Lipinski definition) is 1. The van der Waals surface area contributed by atoms with E-state index >= 15 is 0 Å². The molecule has 0 unspecified atom stereocenters. The fourth-order valence-electron chi connectivity index (χ4n) is 2.57. The highest BCUT2D eigenvalue weighted by Gasteiger charge is 2.38. The van der Waals surface area contributed by atoms with Crippen LogP contribution in [0.2, 0.25) is 0 Å². The second kappa shape index (κ2) is 6.20. The van der Waals surface area contributed by atoms with Gasteiger partial charge >= 0.3 is 5.97 Å². The van der Waals surface area contributed by atoms with E-state index in [1.807, 2.05) is 18.2 Å². The molecular formula is C14H16Br2O2. The van der Waals surface area contributed by atoms with Crippen molar-refractivity contribution >= 4 is 37.8 Å². The van der Waals surface area contributed by atoms with E-state index in [1.54, 1.807) is 0 Å². The lowest BCUT2D eigenvalue weighted by Crippen LogP contribution is -2.37. The van der Waals surface area contributed by atoms with Crippen LogP contribution in [0.4, 0.5) is 0 Å². The van der Waals surface area contributed by atoms with Crippen LogP contribution >= 0.6 is 31.9 Å². The minimum atomic E-state index is -0.695. The first-order valence-corrected chi connectivity index (χ1v) is 7.96. The highest BCUT2D eigenvalue weighted by atomic mass is 79.9. The van der Waals surface area contributed by atoms with Gasteiger partial charge in [0.1, 0.15) is 0 Å². The summed E-state index contributed by atoms with van der Waals surface area (Å²) in [5, 5.41) is 9.15. The molecular weight excluding hydrogens is 360 g/mol. The predicted molar refractivity (Wildman–Crippen MR) is 79.4 cm³/mol. The summed E-state index contributed by atoms with van der Waals surface area (Å²) in [7, 11) is 0. The molecule has 1 aliphatic carbocycles. The molecule has 4 heteroatoms. The molecule has 1 saturated carbocycles. The Morgan fingerprint density at radius 2 is 1.83 bits per heavy atom. The van der Waals surface area contributed by atoms with E-state index in [0.29, 0.717) is 12.3 Å². The molecule has 0 bridgehead atoms. The summed E-state index contributed by atoms with van der Waals surface area (Å²) in [6.07, 6.45) is 2.61. The number of alkyl halides is 2. The van der Waals surface area contributed by atoms with E-state index in [9.17, 15) is 4.79 Å². The number of aliphatic carboxylic acids is 1. The molecule has 2 nitrogen and oxygen atoms in total. The average Bonchev–Trinajstić information content (AvgIpc) is 2.34. The number of carboxylic acids is 1. The fourth-order valence-corrected chi connectivity index (χ4v) is 4.30. The largest absolute Gasteiger partial charge is 0.481 e. The minimum absolute atomic E-state index is 0.0810. The van der Waals surface area contributed by atoms with Crippen molar-refractivity contribution in [2.24, 2.45) is 11.8 Å². The van der Waals surface area contributed by atoms with Crippen molar-refractivity contribution in [1.29, 1.82) is 0 Å². The maximum absolute atomic E-state index is 11.1. The first-order chi connectivity index (χ1) is 8.58. The lowest BCUT2D eigenvalue weighted by molar-refractivity contribution is -0.142. The van der Waals surface area contributed by atoms with Gasteiger partial charge in [-0.3, -0.25) is 4.79 Å². The summed E-state index contributed by atoms with van der Waals surface area (Å²) in [6, 6.07) is 10.4. The van der Waals surface area contributed by atoms with Gasteiger partial charge in [-0.05, 0) is 30.7 Å². The summed E-state index contributed by atoms with van der Waals surface area (Å²) >= 11 is 7.20. The van der Waals surface area contributed by atoms with E-state index in [0.717, 1.165) is 12.8 Å². The Morgan fingerprint density at radius 1 is 1.17 bits per heavy atom. The molecule has 0 amide bonds. The van der Waals surface area contributed by atoms with Crippen molar-refractivity contribution in [3.63, 3.8) is 0 Å². The van der Waals surface area contributed by atoms with Crippen molar-refractivity contribution in [3.05, 3.63) is 35.9 Å². The number of carboxylic acid groups (broad SMARTS) is 1.